The van der Waals surface area contributed by atoms with Crippen molar-refractivity contribution in [3.63, 3.8) is 0 Å². The molecule has 0 aromatic heterocycles. The molecule has 2 aliphatic rings. The van der Waals surface area contributed by atoms with E-state index in [1.165, 1.54) is 0 Å². The van der Waals surface area contributed by atoms with Gasteiger partial charge in [-0.15, -0.1) is 0 Å². The molecule has 2 fully saturated rings. The smallest absolute Gasteiger partial charge is 0.253 e. The zero-order chi connectivity index (χ0) is 19.4. The second-order valence-corrected chi connectivity index (χ2v) is 7.57. The summed E-state index contributed by atoms with van der Waals surface area (Å²) in [4.78, 5) is 27.0. The molecule has 1 aromatic rings. The van der Waals surface area contributed by atoms with Gasteiger partial charge in [0.15, 0.2) is 0 Å². The van der Waals surface area contributed by atoms with E-state index in [4.69, 9.17) is 4.74 Å². The van der Waals surface area contributed by atoms with E-state index in [9.17, 15) is 9.59 Å². The fourth-order valence-corrected chi connectivity index (χ4v) is 3.91. The first-order valence-electron chi connectivity index (χ1n) is 9.71. The minimum absolute atomic E-state index is 0.00138. The van der Waals surface area contributed by atoms with Crippen LogP contribution in [0.25, 0.3) is 0 Å². The monoisotopic (exact) mass is 374 g/mol. The van der Waals surface area contributed by atoms with Crippen molar-refractivity contribution in [2.24, 2.45) is 11.8 Å². The lowest BCUT2D eigenvalue weighted by atomic mass is 9.93. The Morgan fingerprint density at radius 3 is 2.48 bits per heavy atom. The van der Waals surface area contributed by atoms with Crippen LogP contribution in [-0.2, 0) is 4.79 Å². The van der Waals surface area contributed by atoms with Crippen LogP contribution in [0.5, 0.6) is 5.75 Å². The van der Waals surface area contributed by atoms with Gasteiger partial charge in [-0.3, -0.25) is 20.4 Å². The largest absolute Gasteiger partial charge is 0.497 e. The third kappa shape index (κ3) is 4.59. The number of hydrazine groups is 1. The Hall–Kier alpha value is -2.12. The number of benzene rings is 1. The Labute approximate surface area is 160 Å². The summed E-state index contributed by atoms with van der Waals surface area (Å²) < 4.78 is 5.19. The van der Waals surface area contributed by atoms with Crippen molar-refractivity contribution < 1.29 is 14.3 Å². The molecule has 0 bridgehead atoms. The second-order valence-electron chi connectivity index (χ2n) is 7.57. The first kappa shape index (κ1) is 19.6. The van der Waals surface area contributed by atoms with E-state index < -0.39 is 0 Å². The number of ether oxygens (including phenoxy) is 1. The minimum atomic E-state index is -0.0210. The molecule has 2 aliphatic heterocycles. The van der Waals surface area contributed by atoms with Crippen LogP contribution in [0.2, 0.25) is 0 Å². The summed E-state index contributed by atoms with van der Waals surface area (Å²) in [6, 6.07) is 7.87. The van der Waals surface area contributed by atoms with E-state index in [-0.39, 0.29) is 17.7 Å². The van der Waals surface area contributed by atoms with Crippen LogP contribution in [0.15, 0.2) is 24.3 Å². The van der Waals surface area contributed by atoms with Gasteiger partial charge in [0.05, 0.1) is 7.11 Å². The van der Waals surface area contributed by atoms with Gasteiger partial charge in [0.1, 0.15) is 5.75 Å². The molecule has 2 unspecified atom stereocenters. The average molecular weight is 374 g/mol. The SMILES string of the molecule is COc1cccc(C(=O)N2CCC(C(=O)NCC3C(C)NNC3C)CC2)c1. The van der Waals surface area contributed by atoms with Crippen LogP contribution in [0.1, 0.15) is 37.0 Å². The number of nitrogens with one attached hydrogen (secondary N) is 3. The fourth-order valence-electron chi connectivity index (χ4n) is 3.91. The van der Waals surface area contributed by atoms with Crippen molar-refractivity contribution in [3.05, 3.63) is 29.8 Å². The number of methoxy groups -OCH3 is 1. The molecule has 0 spiro atoms. The topological polar surface area (TPSA) is 82.7 Å². The first-order chi connectivity index (χ1) is 13.0. The van der Waals surface area contributed by atoms with Crippen LogP contribution in [0, 0.1) is 11.8 Å². The molecule has 2 amide bonds. The van der Waals surface area contributed by atoms with Crippen molar-refractivity contribution in [2.45, 2.75) is 38.8 Å². The van der Waals surface area contributed by atoms with Crippen molar-refractivity contribution in [2.75, 3.05) is 26.7 Å². The molecule has 7 nitrogen and oxygen atoms in total. The van der Waals surface area contributed by atoms with Gasteiger partial charge in [-0.05, 0) is 44.9 Å². The molecule has 2 heterocycles. The Morgan fingerprint density at radius 2 is 1.85 bits per heavy atom. The number of hydrogen-bond donors (Lipinski definition) is 3. The molecule has 27 heavy (non-hydrogen) atoms. The van der Waals surface area contributed by atoms with Gasteiger partial charge in [0, 0.05) is 49.1 Å². The Balaban J connectivity index is 1.48. The summed E-state index contributed by atoms with van der Waals surface area (Å²) in [5, 5.41) is 3.11. The van der Waals surface area contributed by atoms with Gasteiger partial charge in [-0.2, -0.15) is 0 Å². The minimum Gasteiger partial charge on any atom is -0.497 e. The number of amides is 2. The normalized spacial score (nSPS) is 26.0. The van der Waals surface area contributed by atoms with Crippen molar-refractivity contribution >= 4 is 11.8 Å². The molecule has 3 rings (SSSR count). The van der Waals surface area contributed by atoms with Crippen LogP contribution in [-0.4, -0.2) is 55.5 Å². The van der Waals surface area contributed by atoms with E-state index in [0.717, 1.165) is 0 Å². The van der Waals surface area contributed by atoms with Crippen LogP contribution < -0.4 is 20.9 Å². The number of carbonyl (C=O) groups is 2. The van der Waals surface area contributed by atoms with E-state index >= 15 is 0 Å². The van der Waals surface area contributed by atoms with Gasteiger partial charge < -0.3 is 15.0 Å². The highest BCUT2D eigenvalue weighted by molar-refractivity contribution is 5.94. The number of piperidine rings is 1. The van der Waals surface area contributed by atoms with E-state index in [2.05, 4.69) is 30.0 Å². The number of hydrogen-bond acceptors (Lipinski definition) is 5. The number of likely N-dealkylation sites (tertiary alicyclic amines) is 1. The molecule has 0 radical (unpaired) electrons. The standard InChI is InChI=1S/C20H30N4O3/c1-13-18(14(2)23-22-13)12-21-19(25)15-7-9-24(10-8-15)20(26)16-5-4-6-17(11-16)27-3/h4-6,11,13-15,18,22-23H,7-10,12H2,1-3H3,(H,21,25). The summed E-state index contributed by atoms with van der Waals surface area (Å²) in [6.07, 6.45) is 1.40. The third-order valence-corrected chi connectivity index (χ3v) is 5.80. The van der Waals surface area contributed by atoms with Gasteiger partial charge in [-0.25, -0.2) is 0 Å². The van der Waals surface area contributed by atoms with Crippen LogP contribution >= 0.6 is 0 Å². The number of carbonyl (C=O) groups excluding carboxylic acids is 2. The van der Waals surface area contributed by atoms with E-state index in [1.807, 2.05) is 17.0 Å². The highest BCUT2D eigenvalue weighted by Gasteiger charge is 2.32. The molecule has 3 N–H and O–H groups in total. The zero-order valence-corrected chi connectivity index (χ0v) is 16.3. The molecule has 148 valence electrons. The summed E-state index contributed by atoms with van der Waals surface area (Å²) in [6.45, 7) is 6.12. The van der Waals surface area contributed by atoms with Crippen LogP contribution in [0.3, 0.4) is 0 Å². The maximum absolute atomic E-state index is 12.7. The Bertz CT molecular complexity index is 663. The quantitative estimate of drug-likeness (QED) is 0.721. The molecule has 2 atom stereocenters. The lowest BCUT2D eigenvalue weighted by Crippen LogP contribution is -2.45. The first-order valence-corrected chi connectivity index (χ1v) is 9.71. The molecule has 1 aromatic carbocycles. The Kier molecular flexibility index (Phi) is 6.34. The number of rotatable bonds is 5. The van der Waals surface area contributed by atoms with Crippen LogP contribution in [0.4, 0.5) is 0 Å². The summed E-state index contributed by atoms with van der Waals surface area (Å²) >= 11 is 0. The highest BCUT2D eigenvalue weighted by atomic mass is 16.5. The predicted octanol–water partition coefficient (Wildman–Crippen LogP) is 1.16. The molecule has 2 saturated heterocycles. The van der Waals surface area contributed by atoms with Crippen molar-refractivity contribution in [3.8, 4) is 5.75 Å². The highest BCUT2D eigenvalue weighted by Crippen LogP contribution is 2.21. The summed E-state index contributed by atoms with van der Waals surface area (Å²) in [5.41, 5.74) is 7.05. The van der Waals surface area contributed by atoms with E-state index in [0.29, 0.717) is 61.8 Å². The molecular formula is C20H30N4O3. The maximum Gasteiger partial charge on any atom is 0.253 e. The second kappa shape index (κ2) is 8.71. The zero-order valence-electron chi connectivity index (χ0n) is 16.3. The van der Waals surface area contributed by atoms with Gasteiger partial charge in [-0.1, -0.05) is 6.07 Å². The summed E-state index contributed by atoms with van der Waals surface area (Å²) in [5.74, 6) is 1.14. The summed E-state index contributed by atoms with van der Waals surface area (Å²) in [7, 11) is 1.59. The molecule has 7 heteroatoms. The predicted molar refractivity (Wildman–Crippen MR) is 103 cm³/mol. The van der Waals surface area contributed by atoms with Crippen molar-refractivity contribution in [1.29, 1.82) is 0 Å². The average Bonchev–Trinajstić information content (AvgIpc) is 3.03. The third-order valence-electron chi connectivity index (χ3n) is 5.80. The maximum atomic E-state index is 12.7. The van der Waals surface area contributed by atoms with Gasteiger partial charge in [0.25, 0.3) is 5.91 Å². The lowest BCUT2D eigenvalue weighted by Gasteiger charge is -2.32. The fraction of sp³-hybridized carbons (Fsp3) is 0.600. The molecular weight excluding hydrogens is 344 g/mol. The Morgan fingerprint density at radius 1 is 1.19 bits per heavy atom. The molecule has 0 aliphatic carbocycles. The molecule has 0 saturated carbocycles. The van der Waals surface area contributed by atoms with E-state index in [1.54, 1.807) is 19.2 Å². The van der Waals surface area contributed by atoms with Gasteiger partial charge in [0.2, 0.25) is 5.91 Å². The van der Waals surface area contributed by atoms with Crippen molar-refractivity contribution in [1.82, 2.24) is 21.1 Å². The lowest BCUT2D eigenvalue weighted by molar-refractivity contribution is -0.126. The number of nitrogens with zero attached hydrogens (tertiary/aromatic N) is 1. The van der Waals surface area contributed by atoms with Gasteiger partial charge >= 0.3 is 0 Å².